The smallest absolute Gasteiger partial charge is 0.239 e. The van der Waals surface area contributed by atoms with Crippen molar-refractivity contribution in [3.8, 4) is 0 Å². The van der Waals surface area contributed by atoms with Gasteiger partial charge in [-0.25, -0.2) is 23.5 Å². The number of aromatic nitrogens is 4. The Morgan fingerprint density at radius 3 is 2.56 bits per heavy atom. The summed E-state index contributed by atoms with van der Waals surface area (Å²) in [4.78, 5) is 18.4. The van der Waals surface area contributed by atoms with Crippen LogP contribution in [0.5, 0.6) is 0 Å². The lowest BCUT2D eigenvalue weighted by Gasteiger charge is -2.44. The Hall–Kier alpha value is -2.85. The van der Waals surface area contributed by atoms with Crippen molar-refractivity contribution in [3.63, 3.8) is 0 Å². The van der Waals surface area contributed by atoms with Crippen molar-refractivity contribution in [2.24, 2.45) is 16.0 Å². The molecule has 3 aromatic rings. The summed E-state index contributed by atoms with van der Waals surface area (Å²) in [5.41, 5.74) is 3.22. The molecule has 32 heavy (non-hydrogen) atoms. The van der Waals surface area contributed by atoms with Gasteiger partial charge in [-0.15, -0.1) is 0 Å². The van der Waals surface area contributed by atoms with Crippen LogP contribution < -0.4 is 10.5 Å². The van der Waals surface area contributed by atoms with Crippen molar-refractivity contribution >= 4 is 38.5 Å². The van der Waals surface area contributed by atoms with Crippen molar-refractivity contribution in [1.82, 2.24) is 19.5 Å². The molecule has 1 fully saturated rings. The molecule has 1 aliphatic heterocycles. The Kier molecular flexibility index (Phi) is 5.01. The van der Waals surface area contributed by atoms with E-state index >= 15 is 0 Å². The van der Waals surface area contributed by atoms with Crippen LogP contribution in [0.3, 0.4) is 0 Å². The molecule has 0 atom stereocenters. The second-order valence-corrected chi connectivity index (χ2v) is 10.5. The zero-order valence-corrected chi connectivity index (χ0v) is 19.1. The molecule has 1 aliphatic carbocycles. The normalized spacial score (nSPS) is 18.1. The maximum atomic E-state index is 11.5. The van der Waals surface area contributed by atoms with E-state index in [9.17, 15) is 8.42 Å². The fourth-order valence-corrected chi connectivity index (χ4v) is 5.66. The summed E-state index contributed by atoms with van der Waals surface area (Å²) >= 11 is 0. The number of sulfonamides is 1. The molecule has 0 amide bonds. The molecule has 168 valence electrons. The second-order valence-electron chi connectivity index (χ2n) is 8.94. The van der Waals surface area contributed by atoms with E-state index in [0.717, 1.165) is 23.9 Å². The monoisotopic (exact) mass is 453 g/mol. The topological polar surface area (TPSA) is 128 Å². The molecule has 3 N–H and O–H groups in total. The van der Waals surface area contributed by atoms with Gasteiger partial charge in [0.05, 0.1) is 12.1 Å². The lowest BCUT2D eigenvalue weighted by molar-refractivity contribution is 0.267. The van der Waals surface area contributed by atoms with E-state index in [1.165, 1.54) is 42.9 Å². The zero-order chi connectivity index (χ0) is 22.5. The zero-order valence-electron chi connectivity index (χ0n) is 18.2. The predicted molar refractivity (Wildman–Crippen MR) is 123 cm³/mol. The number of pyridine rings is 1. The number of nitrogens with one attached hydrogen (secondary N) is 1. The average molecular weight is 454 g/mol. The van der Waals surface area contributed by atoms with Gasteiger partial charge in [-0.1, -0.05) is 33.1 Å². The number of nitrogens with zero attached hydrogens (tertiary/aromatic N) is 5. The molecule has 5 rings (SSSR count). The summed E-state index contributed by atoms with van der Waals surface area (Å²) in [6.45, 7) is 5.11. The molecule has 1 spiro atoms. The standard InChI is InChI=1S/C22H27N7O2S/c1-14(2)19-22(8-4-3-5-9-22)29-16(12-25-19)10-15-11-26-21(28-20(15)29)27-18-7-6-17(13-24-18)32(23,30)31/h6-7,10-11,13-14H,3-5,8-9,12H2,1-2H3,(H2,23,30,31)(H,24,26,27,28). The minimum absolute atomic E-state index is 0.0418. The number of hydrogen-bond donors (Lipinski definition) is 2. The Morgan fingerprint density at radius 2 is 1.91 bits per heavy atom. The summed E-state index contributed by atoms with van der Waals surface area (Å²) in [5, 5.41) is 9.23. The van der Waals surface area contributed by atoms with Gasteiger partial charge < -0.3 is 9.88 Å². The Bertz CT molecular complexity index is 1300. The van der Waals surface area contributed by atoms with Crippen LogP contribution in [0.4, 0.5) is 11.8 Å². The summed E-state index contributed by atoms with van der Waals surface area (Å²) in [6, 6.07) is 5.10. The highest BCUT2D eigenvalue weighted by atomic mass is 32.2. The van der Waals surface area contributed by atoms with E-state index in [4.69, 9.17) is 15.1 Å². The Balaban J connectivity index is 1.56. The minimum atomic E-state index is -3.79. The van der Waals surface area contributed by atoms with Crippen molar-refractivity contribution in [2.75, 3.05) is 5.32 Å². The van der Waals surface area contributed by atoms with Gasteiger partial charge in [0.1, 0.15) is 16.4 Å². The number of primary sulfonamides is 1. The first-order valence-corrected chi connectivity index (χ1v) is 12.5. The van der Waals surface area contributed by atoms with Gasteiger partial charge in [-0.05, 0) is 37.0 Å². The number of hydrogen-bond acceptors (Lipinski definition) is 7. The molecule has 9 nitrogen and oxygen atoms in total. The SMILES string of the molecule is CC(C)C1=NCc2cc3cnc(Nc4ccc(S(N)(=O)=O)cn4)nc3n2C12CCCCC2. The predicted octanol–water partition coefficient (Wildman–Crippen LogP) is 3.49. The Labute approximate surface area is 187 Å². The molecule has 3 aromatic heterocycles. The molecular weight excluding hydrogens is 426 g/mol. The third-order valence-corrected chi connectivity index (χ3v) is 7.36. The molecule has 0 saturated heterocycles. The van der Waals surface area contributed by atoms with E-state index in [2.05, 4.69) is 39.8 Å². The Morgan fingerprint density at radius 1 is 1.12 bits per heavy atom. The number of aliphatic imine (C=N–C) groups is 1. The lowest BCUT2D eigenvalue weighted by atomic mass is 9.73. The van der Waals surface area contributed by atoms with E-state index in [1.807, 2.05) is 6.20 Å². The van der Waals surface area contributed by atoms with Gasteiger partial charge in [-0.2, -0.15) is 4.98 Å². The second kappa shape index (κ2) is 7.63. The third kappa shape index (κ3) is 3.47. The minimum Gasteiger partial charge on any atom is -0.316 e. The first-order valence-electron chi connectivity index (χ1n) is 11.0. The van der Waals surface area contributed by atoms with Gasteiger partial charge in [0.2, 0.25) is 16.0 Å². The van der Waals surface area contributed by atoms with E-state index in [0.29, 0.717) is 24.2 Å². The van der Waals surface area contributed by atoms with Crippen LogP contribution in [0, 0.1) is 5.92 Å². The number of anilines is 2. The van der Waals surface area contributed by atoms with Crippen LogP contribution in [0.15, 0.2) is 40.5 Å². The van der Waals surface area contributed by atoms with Crippen molar-refractivity contribution in [2.45, 2.75) is 62.9 Å². The van der Waals surface area contributed by atoms with Gasteiger partial charge in [0.25, 0.3) is 0 Å². The molecule has 0 unspecified atom stereocenters. The summed E-state index contributed by atoms with van der Waals surface area (Å²) < 4.78 is 25.3. The van der Waals surface area contributed by atoms with Crippen LogP contribution in [-0.4, -0.2) is 33.6 Å². The highest BCUT2D eigenvalue weighted by Crippen LogP contribution is 2.44. The molecule has 0 aromatic carbocycles. The largest absolute Gasteiger partial charge is 0.316 e. The summed E-state index contributed by atoms with van der Waals surface area (Å²) in [5.74, 6) is 1.23. The highest BCUT2D eigenvalue weighted by Gasteiger charge is 2.44. The fraction of sp³-hybridized carbons (Fsp3) is 0.455. The van der Waals surface area contributed by atoms with Gasteiger partial charge in [0, 0.05) is 29.2 Å². The van der Waals surface area contributed by atoms with Crippen molar-refractivity contribution in [3.05, 3.63) is 36.3 Å². The van der Waals surface area contributed by atoms with Crippen LogP contribution in [-0.2, 0) is 22.1 Å². The third-order valence-electron chi connectivity index (χ3n) is 6.47. The number of rotatable bonds is 4. The quantitative estimate of drug-likeness (QED) is 0.622. The maximum absolute atomic E-state index is 11.5. The van der Waals surface area contributed by atoms with Crippen LogP contribution >= 0.6 is 0 Å². The van der Waals surface area contributed by atoms with Crippen LogP contribution in [0.25, 0.3) is 11.0 Å². The molecule has 2 aliphatic rings. The molecule has 10 heteroatoms. The lowest BCUT2D eigenvalue weighted by Crippen LogP contribution is -2.48. The van der Waals surface area contributed by atoms with Crippen molar-refractivity contribution < 1.29 is 8.42 Å². The van der Waals surface area contributed by atoms with Gasteiger partial charge >= 0.3 is 0 Å². The molecular formula is C22H27N7O2S. The van der Waals surface area contributed by atoms with Crippen LogP contribution in [0.2, 0.25) is 0 Å². The number of fused-ring (bicyclic) bond motifs is 4. The fourth-order valence-electron chi connectivity index (χ4n) is 5.20. The maximum Gasteiger partial charge on any atom is 0.239 e. The first kappa shape index (κ1) is 21.0. The highest BCUT2D eigenvalue weighted by molar-refractivity contribution is 7.89. The van der Waals surface area contributed by atoms with E-state index in [1.54, 1.807) is 6.07 Å². The molecule has 4 heterocycles. The van der Waals surface area contributed by atoms with E-state index in [-0.39, 0.29) is 10.4 Å². The molecule has 0 bridgehead atoms. The van der Waals surface area contributed by atoms with Crippen molar-refractivity contribution in [1.29, 1.82) is 0 Å². The number of nitrogens with two attached hydrogens (primary N) is 1. The first-order chi connectivity index (χ1) is 15.3. The van der Waals surface area contributed by atoms with Gasteiger partial charge in [-0.3, -0.25) is 4.99 Å². The summed E-state index contributed by atoms with van der Waals surface area (Å²) in [6.07, 6.45) is 8.80. The van der Waals surface area contributed by atoms with E-state index < -0.39 is 10.0 Å². The van der Waals surface area contributed by atoms with Gasteiger partial charge in [0.15, 0.2) is 0 Å². The molecule has 1 saturated carbocycles. The molecule has 0 radical (unpaired) electrons. The van der Waals surface area contributed by atoms with Crippen LogP contribution in [0.1, 0.15) is 51.6 Å². The summed E-state index contributed by atoms with van der Waals surface area (Å²) in [7, 11) is -3.79. The average Bonchev–Trinajstić information content (AvgIpc) is 3.13.